The van der Waals surface area contributed by atoms with Crippen molar-refractivity contribution in [1.29, 1.82) is 0 Å². The summed E-state index contributed by atoms with van der Waals surface area (Å²) in [5, 5.41) is 2.64. The zero-order chi connectivity index (χ0) is 10.3. The molecule has 1 N–H and O–H groups in total. The molecule has 2 aromatic rings. The van der Waals surface area contributed by atoms with Crippen LogP contribution in [0.25, 0.3) is 10.2 Å². The highest BCUT2D eigenvalue weighted by Gasteiger charge is 2.19. The summed E-state index contributed by atoms with van der Waals surface area (Å²) in [6, 6.07) is 1.83. The lowest BCUT2D eigenvalue weighted by Gasteiger charge is -2.24. The van der Waals surface area contributed by atoms with Crippen LogP contribution in [-0.4, -0.2) is 9.97 Å². The average Bonchev–Trinajstić information content (AvgIpc) is 2.59. The first-order valence-corrected chi connectivity index (χ1v) is 6.17. The Morgan fingerprint density at radius 3 is 3.13 bits per heavy atom. The fourth-order valence-electron chi connectivity index (χ4n) is 1.98. The molecule has 0 spiro atoms. The summed E-state index contributed by atoms with van der Waals surface area (Å²) in [7, 11) is 0. The minimum Gasteiger partial charge on any atom is -0.310 e. The third kappa shape index (κ3) is 1.59. The van der Waals surface area contributed by atoms with Gasteiger partial charge in [0.25, 0.3) is 5.56 Å². The number of nitrogens with one attached hydrogen (secondary N) is 1. The van der Waals surface area contributed by atoms with Crippen LogP contribution in [-0.2, 0) is 6.42 Å². The number of thiophene rings is 1. The number of nitrogens with zero attached hydrogens (tertiary/aromatic N) is 1. The summed E-state index contributed by atoms with van der Waals surface area (Å²) in [5.74, 6) is 1.60. The molecular formula is C11H12N2OS. The van der Waals surface area contributed by atoms with Crippen molar-refractivity contribution in [3.05, 3.63) is 27.6 Å². The molecule has 0 atom stereocenters. The topological polar surface area (TPSA) is 45.8 Å². The lowest BCUT2D eigenvalue weighted by Crippen LogP contribution is -2.18. The van der Waals surface area contributed by atoms with Crippen molar-refractivity contribution in [2.75, 3.05) is 0 Å². The molecule has 2 heterocycles. The lowest BCUT2D eigenvalue weighted by atomic mass is 9.83. The van der Waals surface area contributed by atoms with Crippen LogP contribution in [0, 0.1) is 5.92 Å². The van der Waals surface area contributed by atoms with Gasteiger partial charge in [-0.15, -0.1) is 11.3 Å². The van der Waals surface area contributed by atoms with Crippen LogP contribution in [0.2, 0.25) is 0 Å². The molecule has 0 saturated heterocycles. The SMILES string of the molecule is O=c1[nH]c(CC2CCC2)nc2sccc12. The van der Waals surface area contributed by atoms with Gasteiger partial charge in [0, 0.05) is 6.42 Å². The molecule has 78 valence electrons. The molecule has 3 nitrogen and oxygen atoms in total. The van der Waals surface area contributed by atoms with E-state index in [1.807, 2.05) is 11.4 Å². The first-order valence-electron chi connectivity index (χ1n) is 5.29. The highest BCUT2D eigenvalue weighted by atomic mass is 32.1. The fourth-order valence-corrected chi connectivity index (χ4v) is 2.76. The monoisotopic (exact) mass is 220 g/mol. The second-order valence-electron chi connectivity index (χ2n) is 4.15. The summed E-state index contributed by atoms with van der Waals surface area (Å²) < 4.78 is 0. The van der Waals surface area contributed by atoms with Crippen LogP contribution in [0.4, 0.5) is 0 Å². The zero-order valence-corrected chi connectivity index (χ0v) is 9.14. The highest BCUT2D eigenvalue weighted by Crippen LogP contribution is 2.29. The predicted molar refractivity (Wildman–Crippen MR) is 61.3 cm³/mol. The standard InChI is InChI=1S/C11H12N2OS/c14-10-8-4-5-15-11(8)13-9(12-10)6-7-2-1-3-7/h4-5,7H,1-3,6H2,(H,12,13,14). The minimum atomic E-state index is 0.00979. The van der Waals surface area contributed by atoms with Crippen LogP contribution in [0.3, 0.4) is 0 Å². The summed E-state index contributed by atoms with van der Waals surface area (Å²) in [5.41, 5.74) is 0.00979. The minimum absolute atomic E-state index is 0.00979. The molecule has 2 aromatic heterocycles. The largest absolute Gasteiger partial charge is 0.310 e. The Balaban J connectivity index is 2.00. The Labute approximate surface area is 91.2 Å². The van der Waals surface area contributed by atoms with Crippen LogP contribution in [0.15, 0.2) is 16.2 Å². The summed E-state index contributed by atoms with van der Waals surface area (Å²) >= 11 is 1.54. The van der Waals surface area contributed by atoms with Gasteiger partial charge in [0.15, 0.2) is 0 Å². The molecule has 1 fully saturated rings. The van der Waals surface area contributed by atoms with Gasteiger partial charge in [0.2, 0.25) is 0 Å². The Morgan fingerprint density at radius 2 is 2.40 bits per heavy atom. The van der Waals surface area contributed by atoms with Crippen LogP contribution in [0.5, 0.6) is 0 Å². The maximum absolute atomic E-state index is 11.7. The Morgan fingerprint density at radius 1 is 1.53 bits per heavy atom. The smallest absolute Gasteiger partial charge is 0.259 e. The van der Waals surface area contributed by atoms with E-state index in [0.29, 0.717) is 0 Å². The molecule has 3 rings (SSSR count). The van der Waals surface area contributed by atoms with Gasteiger partial charge in [-0.1, -0.05) is 19.3 Å². The molecule has 1 saturated carbocycles. The highest BCUT2D eigenvalue weighted by molar-refractivity contribution is 7.16. The van der Waals surface area contributed by atoms with Gasteiger partial charge >= 0.3 is 0 Å². The lowest BCUT2D eigenvalue weighted by molar-refractivity contribution is 0.309. The second-order valence-corrected chi connectivity index (χ2v) is 5.05. The van der Waals surface area contributed by atoms with Crippen molar-refractivity contribution in [3.63, 3.8) is 0 Å². The maximum atomic E-state index is 11.7. The summed E-state index contributed by atoms with van der Waals surface area (Å²) in [6.45, 7) is 0. The van der Waals surface area contributed by atoms with Crippen molar-refractivity contribution >= 4 is 21.6 Å². The van der Waals surface area contributed by atoms with E-state index in [1.165, 1.54) is 30.6 Å². The van der Waals surface area contributed by atoms with E-state index in [4.69, 9.17) is 0 Å². The third-order valence-electron chi connectivity index (χ3n) is 3.09. The molecule has 1 aliphatic carbocycles. The number of aromatic nitrogens is 2. The van der Waals surface area contributed by atoms with Crippen molar-refractivity contribution in [1.82, 2.24) is 9.97 Å². The quantitative estimate of drug-likeness (QED) is 0.844. The van der Waals surface area contributed by atoms with Crippen molar-refractivity contribution in [2.45, 2.75) is 25.7 Å². The second kappa shape index (κ2) is 3.45. The molecule has 0 bridgehead atoms. The number of H-pyrrole nitrogens is 1. The van der Waals surface area contributed by atoms with E-state index in [1.54, 1.807) is 0 Å². The summed E-state index contributed by atoms with van der Waals surface area (Å²) in [6.07, 6.45) is 4.83. The van der Waals surface area contributed by atoms with Crippen molar-refractivity contribution < 1.29 is 0 Å². The van der Waals surface area contributed by atoms with Gasteiger partial charge in [-0.25, -0.2) is 4.98 Å². The van der Waals surface area contributed by atoms with Gasteiger partial charge in [0.1, 0.15) is 10.7 Å². The summed E-state index contributed by atoms with van der Waals surface area (Å²) in [4.78, 5) is 19.9. The molecule has 0 radical (unpaired) electrons. The van der Waals surface area contributed by atoms with Gasteiger partial charge in [-0.2, -0.15) is 0 Å². The maximum Gasteiger partial charge on any atom is 0.259 e. The molecule has 0 amide bonds. The Kier molecular flexibility index (Phi) is 2.09. The van der Waals surface area contributed by atoms with Gasteiger partial charge in [0.05, 0.1) is 5.39 Å². The molecule has 0 aromatic carbocycles. The molecular weight excluding hydrogens is 208 g/mol. The normalized spacial score (nSPS) is 16.8. The molecule has 15 heavy (non-hydrogen) atoms. The van der Waals surface area contributed by atoms with Crippen LogP contribution < -0.4 is 5.56 Å². The molecule has 1 aliphatic rings. The first kappa shape index (κ1) is 9.09. The van der Waals surface area contributed by atoms with Gasteiger partial charge in [-0.3, -0.25) is 4.79 Å². The number of hydrogen-bond donors (Lipinski definition) is 1. The van der Waals surface area contributed by atoms with Crippen molar-refractivity contribution in [2.24, 2.45) is 5.92 Å². The van der Waals surface area contributed by atoms with Crippen molar-refractivity contribution in [3.8, 4) is 0 Å². The van der Waals surface area contributed by atoms with Crippen LogP contribution in [0.1, 0.15) is 25.1 Å². The third-order valence-corrected chi connectivity index (χ3v) is 3.90. The van der Waals surface area contributed by atoms with E-state index >= 15 is 0 Å². The van der Waals surface area contributed by atoms with E-state index < -0.39 is 0 Å². The van der Waals surface area contributed by atoms with Crippen LogP contribution >= 0.6 is 11.3 Å². The van der Waals surface area contributed by atoms with E-state index in [2.05, 4.69) is 9.97 Å². The molecule has 4 heteroatoms. The molecule has 0 unspecified atom stereocenters. The number of aromatic amines is 1. The average molecular weight is 220 g/mol. The van der Waals surface area contributed by atoms with Gasteiger partial charge < -0.3 is 4.98 Å². The Hall–Kier alpha value is -1.16. The zero-order valence-electron chi connectivity index (χ0n) is 8.32. The molecule has 0 aliphatic heterocycles. The number of fused-ring (bicyclic) bond motifs is 1. The predicted octanol–water partition coefficient (Wildman–Crippen LogP) is 2.33. The van der Waals surface area contributed by atoms with Gasteiger partial charge in [-0.05, 0) is 17.4 Å². The number of hydrogen-bond acceptors (Lipinski definition) is 3. The van der Waals surface area contributed by atoms with E-state index in [9.17, 15) is 4.79 Å². The Bertz CT molecular complexity index is 539. The van der Waals surface area contributed by atoms with E-state index in [0.717, 1.165) is 28.4 Å². The van der Waals surface area contributed by atoms with E-state index in [-0.39, 0.29) is 5.56 Å². The number of rotatable bonds is 2. The fraction of sp³-hybridized carbons (Fsp3) is 0.455. The first-order chi connectivity index (χ1) is 7.33.